The molecule has 1 atom stereocenters. The molecule has 5 rings (SSSR count). The fourth-order valence-corrected chi connectivity index (χ4v) is 4.78. The van der Waals surface area contributed by atoms with Crippen molar-refractivity contribution in [2.24, 2.45) is 0 Å². The third-order valence-corrected chi connectivity index (χ3v) is 6.65. The molecule has 182 valence electrons. The summed E-state index contributed by atoms with van der Waals surface area (Å²) < 4.78 is 6.58. The highest BCUT2D eigenvalue weighted by atomic mass is 16.5. The molecule has 0 amide bonds. The van der Waals surface area contributed by atoms with Gasteiger partial charge in [0.2, 0.25) is 0 Å². The van der Waals surface area contributed by atoms with Crippen LogP contribution in [-0.2, 0) is 22.5 Å². The monoisotopic (exact) mass is 482 g/mol. The number of carbonyl (C=O) groups excluding carboxylic acids is 1. The van der Waals surface area contributed by atoms with Crippen LogP contribution < -0.4 is 5.56 Å². The lowest BCUT2D eigenvalue weighted by Crippen LogP contribution is -2.29. The fourth-order valence-electron chi connectivity index (χ4n) is 4.78. The second-order valence-corrected chi connectivity index (χ2v) is 8.79. The lowest BCUT2D eigenvalue weighted by molar-refractivity contribution is -0.140. The normalized spacial score (nSPS) is 12.2. The Kier molecular flexibility index (Phi) is 6.25. The van der Waals surface area contributed by atoms with Gasteiger partial charge in [-0.3, -0.25) is 19.6 Å². The molecule has 0 bridgehead atoms. The highest BCUT2D eigenvalue weighted by molar-refractivity contribution is 5.83. The zero-order valence-corrected chi connectivity index (χ0v) is 20.1. The summed E-state index contributed by atoms with van der Waals surface area (Å²) in [5, 5.41) is 12.0. The van der Waals surface area contributed by atoms with Crippen LogP contribution in [0.5, 0.6) is 5.75 Å². The van der Waals surface area contributed by atoms with Gasteiger partial charge in [-0.15, -0.1) is 0 Å². The van der Waals surface area contributed by atoms with Crippen molar-refractivity contribution in [3.05, 3.63) is 99.9 Å². The maximum absolute atomic E-state index is 13.8. The smallest absolute Gasteiger partial charge is 0.306 e. The summed E-state index contributed by atoms with van der Waals surface area (Å²) in [5.74, 6) is -1.34. The van der Waals surface area contributed by atoms with Gasteiger partial charge in [-0.25, -0.2) is 0 Å². The molecule has 2 aromatic carbocycles. The van der Waals surface area contributed by atoms with E-state index >= 15 is 0 Å². The second-order valence-electron chi connectivity index (χ2n) is 8.79. The van der Waals surface area contributed by atoms with Gasteiger partial charge in [-0.1, -0.05) is 24.3 Å². The number of nitrogens with one attached hydrogen (secondary N) is 1. The molecular formula is C28H26N4O4. The Morgan fingerprint density at radius 2 is 1.89 bits per heavy atom. The third kappa shape index (κ3) is 4.33. The lowest BCUT2D eigenvalue weighted by atomic mass is 9.88. The Hall–Kier alpha value is -4.46. The van der Waals surface area contributed by atoms with E-state index in [2.05, 4.69) is 15.0 Å². The number of fused-ring (bicyclic) bond motifs is 2. The van der Waals surface area contributed by atoms with E-state index < -0.39 is 11.9 Å². The first-order valence-electron chi connectivity index (χ1n) is 11.7. The number of carbonyl (C=O) groups is 1. The Morgan fingerprint density at radius 3 is 2.69 bits per heavy atom. The van der Waals surface area contributed by atoms with Crippen LogP contribution in [0.15, 0.2) is 71.9 Å². The van der Waals surface area contributed by atoms with Crippen molar-refractivity contribution >= 4 is 27.9 Å². The van der Waals surface area contributed by atoms with Crippen molar-refractivity contribution in [1.82, 2.24) is 19.5 Å². The average Bonchev–Trinajstić information content (AvgIpc) is 3.30. The quantitative estimate of drug-likeness (QED) is 0.336. The molecule has 3 heterocycles. The number of aromatic amines is 1. The van der Waals surface area contributed by atoms with Gasteiger partial charge in [0, 0.05) is 47.7 Å². The first-order valence-corrected chi connectivity index (χ1v) is 11.7. The Morgan fingerprint density at radius 1 is 1.11 bits per heavy atom. The summed E-state index contributed by atoms with van der Waals surface area (Å²) in [6.45, 7) is 2.22. The molecule has 0 radical (unpaired) electrons. The zero-order valence-electron chi connectivity index (χ0n) is 20.1. The van der Waals surface area contributed by atoms with Crippen LogP contribution >= 0.6 is 0 Å². The minimum Gasteiger partial charge on any atom is -0.507 e. The van der Waals surface area contributed by atoms with Gasteiger partial charge in [0.25, 0.3) is 5.56 Å². The predicted octanol–water partition coefficient (Wildman–Crippen LogP) is 4.22. The Balaban J connectivity index is 1.57. The van der Waals surface area contributed by atoms with Crippen LogP contribution in [0.25, 0.3) is 21.9 Å². The molecule has 0 aliphatic rings. The van der Waals surface area contributed by atoms with E-state index in [0.29, 0.717) is 35.3 Å². The number of aryl methyl sites for hydroxylation is 2. The van der Waals surface area contributed by atoms with Crippen LogP contribution in [0.2, 0.25) is 0 Å². The maximum Gasteiger partial charge on any atom is 0.306 e. The molecule has 0 spiro atoms. The fraction of sp³-hybridized carbons (Fsp3) is 0.214. The van der Waals surface area contributed by atoms with Gasteiger partial charge < -0.3 is 19.4 Å². The molecule has 8 heteroatoms. The van der Waals surface area contributed by atoms with Gasteiger partial charge in [-0.2, -0.15) is 0 Å². The molecule has 0 aliphatic heterocycles. The van der Waals surface area contributed by atoms with Crippen LogP contribution in [-0.4, -0.2) is 37.7 Å². The van der Waals surface area contributed by atoms with Crippen molar-refractivity contribution in [3.8, 4) is 5.75 Å². The van der Waals surface area contributed by atoms with E-state index in [1.54, 1.807) is 48.1 Å². The van der Waals surface area contributed by atoms with E-state index in [0.717, 1.165) is 16.5 Å². The first kappa shape index (κ1) is 23.3. The van der Waals surface area contributed by atoms with Crippen LogP contribution in [0.1, 0.15) is 34.7 Å². The molecule has 0 fully saturated rings. The zero-order chi connectivity index (χ0) is 25.2. The minimum atomic E-state index is -0.712. The summed E-state index contributed by atoms with van der Waals surface area (Å²) in [7, 11) is 1.31. The van der Waals surface area contributed by atoms with E-state index in [-0.39, 0.29) is 23.3 Å². The van der Waals surface area contributed by atoms with Crippen LogP contribution in [0.3, 0.4) is 0 Å². The Bertz CT molecular complexity index is 1640. The summed E-state index contributed by atoms with van der Waals surface area (Å²) in [6.07, 6.45) is 5.68. The number of hydrogen-bond donors (Lipinski definition) is 2. The molecule has 0 saturated heterocycles. The molecule has 5 aromatic rings. The molecular weight excluding hydrogens is 456 g/mol. The minimum absolute atomic E-state index is 0.101. The van der Waals surface area contributed by atoms with Gasteiger partial charge in [-0.05, 0) is 48.7 Å². The number of para-hydroxylation sites is 1. The number of hydrogen-bond acceptors (Lipinski definition) is 6. The summed E-state index contributed by atoms with van der Waals surface area (Å²) >= 11 is 0. The number of nitrogens with zero attached hydrogens (tertiary/aromatic N) is 3. The van der Waals surface area contributed by atoms with Crippen molar-refractivity contribution in [1.29, 1.82) is 0 Å². The average molecular weight is 483 g/mol. The van der Waals surface area contributed by atoms with Gasteiger partial charge in [0.1, 0.15) is 5.75 Å². The van der Waals surface area contributed by atoms with Gasteiger partial charge in [0.15, 0.2) is 0 Å². The Labute approximate surface area is 207 Å². The summed E-state index contributed by atoms with van der Waals surface area (Å²) in [5.41, 5.74) is 4.62. The number of rotatable bonds is 7. The molecule has 0 saturated carbocycles. The molecule has 8 nitrogen and oxygen atoms in total. The van der Waals surface area contributed by atoms with Gasteiger partial charge in [0.05, 0.1) is 30.1 Å². The van der Waals surface area contributed by atoms with Crippen LogP contribution in [0.4, 0.5) is 0 Å². The standard InChI is InChI=1S/C28H26N4O4/c1-17-13-25(33)27(28(35)32(17)12-9-19-16-31-22-6-4-3-5-20(19)22)21(15-26(34)36-2)18-7-8-23-24(14-18)30-11-10-29-23/h3-8,10-11,13-14,16,21,31,33H,9,12,15H2,1-2H3/t21-/m0/s1. The number of methoxy groups -OCH3 is 1. The van der Waals surface area contributed by atoms with E-state index in [1.807, 2.05) is 30.5 Å². The number of aromatic hydroxyl groups is 1. The molecule has 0 unspecified atom stereocenters. The number of aromatic nitrogens is 4. The number of esters is 1. The van der Waals surface area contributed by atoms with E-state index in [9.17, 15) is 14.7 Å². The second kappa shape index (κ2) is 9.65. The lowest BCUT2D eigenvalue weighted by Gasteiger charge is -2.20. The molecule has 0 aliphatic carbocycles. The summed E-state index contributed by atoms with van der Waals surface area (Å²) in [4.78, 5) is 38.1. The molecule has 2 N–H and O–H groups in total. The molecule has 3 aromatic heterocycles. The topological polar surface area (TPSA) is 110 Å². The van der Waals surface area contributed by atoms with E-state index in [1.165, 1.54) is 7.11 Å². The third-order valence-electron chi connectivity index (χ3n) is 6.65. The highest BCUT2D eigenvalue weighted by Gasteiger charge is 2.27. The van der Waals surface area contributed by atoms with Gasteiger partial charge >= 0.3 is 5.97 Å². The predicted molar refractivity (Wildman–Crippen MR) is 137 cm³/mol. The van der Waals surface area contributed by atoms with Crippen molar-refractivity contribution in [2.45, 2.75) is 32.2 Å². The van der Waals surface area contributed by atoms with Crippen molar-refractivity contribution < 1.29 is 14.6 Å². The largest absolute Gasteiger partial charge is 0.507 e. The number of benzene rings is 2. The number of H-pyrrole nitrogens is 1. The highest BCUT2D eigenvalue weighted by Crippen LogP contribution is 2.33. The first-order chi connectivity index (χ1) is 17.5. The number of pyridine rings is 1. The SMILES string of the molecule is COC(=O)C[C@@H](c1ccc2nccnc2c1)c1c(O)cc(C)n(CCc2c[nH]c3ccccc23)c1=O. The van der Waals surface area contributed by atoms with Crippen LogP contribution in [0, 0.1) is 6.92 Å². The summed E-state index contributed by atoms with van der Waals surface area (Å²) in [6, 6.07) is 15.0. The maximum atomic E-state index is 13.8. The van der Waals surface area contributed by atoms with Crippen molar-refractivity contribution in [3.63, 3.8) is 0 Å². The van der Waals surface area contributed by atoms with Crippen molar-refractivity contribution in [2.75, 3.05) is 7.11 Å². The van der Waals surface area contributed by atoms with E-state index in [4.69, 9.17) is 4.74 Å². The number of ether oxygens (including phenoxy) is 1. The molecule has 36 heavy (non-hydrogen) atoms.